The van der Waals surface area contributed by atoms with Gasteiger partial charge >= 0.3 is 0 Å². The standard InChI is InChI=1S/C75H42F8N4O2/c76-61-39-57(67(78)71(82)69(61)80)73(88)84-47-27-23-45(24-28-47)75(46-25-29-48(30-26-46)85-74(89)58-40-62(77)70(81)72(83)68(58)79)59-37-43(41-17-31-49(32-18-41)86-63-13-5-1-9-53(63)54-10-2-6-14-64(54)86)21-35-51(59)52-36-22-44(38-60(52)75)42-19-33-50(34-20-42)87-65-15-7-3-11-55(65)56-12-4-8-16-66(56)87/h1-40H,(H,84,88)(H,85,89). The summed E-state index contributed by atoms with van der Waals surface area (Å²) in [6.45, 7) is 0. The number of nitrogens with zero attached hydrogens (tertiary/aromatic N) is 2. The molecule has 430 valence electrons. The van der Waals surface area contributed by atoms with Crippen LogP contribution < -0.4 is 10.6 Å². The number of aromatic nitrogens is 2. The van der Waals surface area contributed by atoms with Gasteiger partial charge in [0.2, 0.25) is 0 Å². The van der Waals surface area contributed by atoms with Crippen molar-refractivity contribution < 1.29 is 44.7 Å². The van der Waals surface area contributed by atoms with Gasteiger partial charge in [-0.05, 0) is 153 Å². The largest absolute Gasteiger partial charge is 0.322 e. The minimum atomic E-state index is -2.14. The average Bonchev–Trinajstić information content (AvgIpc) is 1.56. The van der Waals surface area contributed by atoms with E-state index in [1.54, 1.807) is 48.5 Å². The van der Waals surface area contributed by atoms with Crippen LogP contribution in [0, 0.1) is 46.5 Å². The number of carbonyl (C=O) groups excluding carboxylic acids is 2. The Bertz CT molecular complexity index is 4840. The predicted octanol–water partition coefficient (Wildman–Crippen LogP) is 19.2. The van der Waals surface area contributed by atoms with Crippen molar-refractivity contribution in [1.82, 2.24) is 9.13 Å². The number of anilines is 2. The fourth-order valence-electron chi connectivity index (χ4n) is 13.0. The van der Waals surface area contributed by atoms with E-state index in [1.807, 2.05) is 60.7 Å². The Kier molecular flexibility index (Phi) is 12.8. The van der Waals surface area contributed by atoms with Gasteiger partial charge in [0.15, 0.2) is 46.5 Å². The van der Waals surface area contributed by atoms with Crippen LogP contribution in [-0.4, -0.2) is 20.9 Å². The van der Waals surface area contributed by atoms with Crippen LogP contribution in [0.1, 0.15) is 43.0 Å². The molecule has 2 aromatic heterocycles. The minimum Gasteiger partial charge on any atom is -0.322 e. The van der Waals surface area contributed by atoms with Gasteiger partial charge in [0.1, 0.15) is 0 Å². The molecule has 0 spiro atoms. The number of amides is 2. The highest BCUT2D eigenvalue weighted by Gasteiger charge is 2.47. The number of para-hydroxylation sites is 4. The Balaban J connectivity index is 0.895. The third-order valence-electron chi connectivity index (χ3n) is 17.1. The van der Waals surface area contributed by atoms with E-state index in [0.29, 0.717) is 11.1 Å². The van der Waals surface area contributed by atoms with Crippen molar-refractivity contribution in [3.05, 3.63) is 323 Å². The van der Waals surface area contributed by atoms with E-state index in [-0.39, 0.29) is 23.5 Å². The molecule has 0 aliphatic heterocycles. The number of fused-ring (bicyclic) bond motifs is 9. The zero-order valence-corrected chi connectivity index (χ0v) is 46.3. The van der Waals surface area contributed by atoms with Crippen LogP contribution in [-0.2, 0) is 5.41 Å². The fraction of sp³-hybridized carbons (Fsp3) is 0.0133. The number of hydrogen-bond acceptors (Lipinski definition) is 2. The molecule has 0 saturated carbocycles. The predicted molar refractivity (Wildman–Crippen MR) is 332 cm³/mol. The highest BCUT2D eigenvalue weighted by Crippen LogP contribution is 2.58. The molecule has 2 N–H and O–H groups in total. The van der Waals surface area contributed by atoms with Crippen LogP contribution in [0.3, 0.4) is 0 Å². The van der Waals surface area contributed by atoms with E-state index >= 15 is 8.78 Å². The van der Waals surface area contributed by atoms with Gasteiger partial charge in [-0.3, -0.25) is 9.59 Å². The molecule has 6 nitrogen and oxygen atoms in total. The second kappa shape index (κ2) is 20.9. The lowest BCUT2D eigenvalue weighted by Crippen LogP contribution is -2.29. The minimum absolute atomic E-state index is 0.0880. The molecule has 14 aromatic rings. The molecule has 14 heteroatoms. The number of hydrogen-bond donors (Lipinski definition) is 2. The first-order valence-electron chi connectivity index (χ1n) is 28.2. The lowest BCUT2D eigenvalue weighted by atomic mass is 9.67. The average molecular weight is 1180 g/mol. The Morgan fingerprint density at radius 3 is 0.966 bits per heavy atom. The molecule has 0 bridgehead atoms. The molecule has 1 aliphatic carbocycles. The summed E-state index contributed by atoms with van der Waals surface area (Å²) >= 11 is 0. The van der Waals surface area contributed by atoms with Gasteiger partial charge in [-0.1, -0.05) is 146 Å². The SMILES string of the molecule is O=C(Nc1ccc(C2(c3ccc(NC(=O)c4cc(F)c(F)c(F)c4F)cc3)c3cc(-c4ccc(-n5c6ccccc6c6ccccc65)cc4)ccc3-c3ccc(-c4ccc(-n5c6ccccc6c6ccccc65)cc4)cc32)cc1)c1cc(F)c(F)c(F)c1F. The van der Waals surface area contributed by atoms with Crippen molar-refractivity contribution in [1.29, 1.82) is 0 Å². The van der Waals surface area contributed by atoms with Crippen LogP contribution in [0.2, 0.25) is 0 Å². The quantitative estimate of drug-likeness (QED) is 0.0814. The normalized spacial score (nSPS) is 12.4. The van der Waals surface area contributed by atoms with E-state index in [0.717, 1.165) is 99.5 Å². The fourth-order valence-corrected chi connectivity index (χ4v) is 13.0. The van der Waals surface area contributed by atoms with Crippen LogP contribution in [0.5, 0.6) is 0 Å². The molecular weight excluding hydrogens is 1140 g/mol. The molecule has 15 rings (SSSR count). The van der Waals surface area contributed by atoms with Gasteiger partial charge in [0.05, 0.1) is 38.6 Å². The van der Waals surface area contributed by atoms with Crippen LogP contribution >= 0.6 is 0 Å². The first kappa shape index (κ1) is 54.3. The summed E-state index contributed by atoms with van der Waals surface area (Å²) in [5.74, 6) is -18.1. The topological polar surface area (TPSA) is 68.1 Å². The molecule has 12 aromatic carbocycles. The summed E-state index contributed by atoms with van der Waals surface area (Å²) in [7, 11) is 0. The van der Waals surface area contributed by atoms with E-state index < -0.39 is 74.9 Å². The Labute approximate surface area is 501 Å². The summed E-state index contributed by atoms with van der Waals surface area (Å²) in [6.07, 6.45) is 0. The van der Waals surface area contributed by atoms with Crippen LogP contribution in [0.4, 0.5) is 46.5 Å². The highest BCUT2D eigenvalue weighted by atomic mass is 19.2. The van der Waals surface area contributed by atoms with E-state index in [9.17, 15) is 35.9 Å². The lowest BCUT2D eigenvalue weighted by molar-refractivity contribution is 0.101. The molecule has 89 heavy (non-hydrogen) atoms. The van der Waals surface area contributed by atoms with Crippen molar-refractivity contribution in [3.63, 3.8) is 0 Å². The van der Waals surface area contributed by atoms with Gasteiger partial charge < -0.3 is 19.8 Å². The summed E-state index contributed by atoms with van der Waals surface area (Å²) in [5, 5.41) is 9.45. The summed E-state index contributed by atoms with van der Waals surface area (Å²) in [4.78, 5) is 27.0. The zero-order chi connectivity index (χ0) is 61.0. The van der Waals surface area contributed by atoms with Gasteiger partial charge in [-0.15, -0.1) is 0 Å². The van der Waals surface area contributed by atoms with Crippen molar-refractivity contribution >= 4 is 66.8 Å². The molecule has 0 saturated heterocycles. The molecule has 1 aliphatic rings. The highest BCUT2D eigenvalue weighted by molar-refractivity contribution is 6.11. The second-order valence-electron chi connectivity index (χ2n) is 21.9. The number of rotatable bonds is 10. The maximum atomic E-state index is 15.0. The summed E-state index contributed by atoms with van der Waals surface area (Å²) in [5.41, 5.74) is 10.8. The van der Waals surface area contributed by atoms with Crippen molar-refractivity contribution in [2.45, 2.75) is 5.41 Å². The van der Waals surface area contributed by atoms with Gasteiger partial charge in [0, 0.05) is 44.3 Å². The van der Waals surface area contributed by atoms with Crippen LogP contribution in [0.15, 0.2) is 243 Å². The van der Waals surface area contributed by atoms with E-state index in [4.69, 9.17) is 0 Å². The smallest absolute Gasteiger partial charge is 0.258 e. The Morgan fingerprint density at radius 1 is 0.315 bits per heavy atom. The Hall–Kier alpha value is -11.4. The lowest BCUT2D eigenvalue weighted by Gasteiger charge is -2.34. The zero-order valence-electron chi connectivity index (χ0n) is 46.3. The number of benzene rings is 12. The van der Waals surface area contributed by atoms with E-state index in [1.165, 1.54) is 0 Å². The van der Waals surface area contributed by atoms with Crippen LogP contribution in [0.25, 0.3) is 88.4 Å². The van der Waals surface area contributed by atoms with Crippen molar-refractivity contribution in [3.8, 4) is 44.8 Å². The first-order valence-corrected chi connectivity index (χ1v) is 28.2. The molecule has 0 atom stereocenters. The molecule has 2 heterocycles. The van der Waals surface area contributed by atoms with Gasteiger partial charge in [-0.2, -0.15) is 0 Å². The molecular formula is C75H42F8N4O2. The second-order valence-corrected chi connectivity index (χ2v) is 21.9. The molecule has 2 amide bonds. The number of halogens is 8. The monoisotopic (exact) mass is 1180 g/mol. The maximum Gasteiger partial charge on any atom is 0.258 e. The first-order chi connectivity index (χ1) is 43.3. The third kappa shape index (κ3) is 8.61. The summed E-state index contributed by atoms with van der Waals surface area (Å²) < 4.78 is 120. The van der Waals surface area contributed by atoms with E-state index in [2.05, 4.69) is 141 Å². The molecule has 0 radical (unpaired) electrons. The maximum absolute atomic E-state index is 15.0. The third-order valence-corrected chi connectivity index (χ3v) is 17.1. The Morgan fingerprint density at radius 2 is 0.629 bits per heavy atom. The van der Waals surface area contributed by atoms with Gasteiger partial charge in [-0.25, -0.2) is 35.1 Å². The number of carbonyl (C=O) groups is 2. The van der Waals surface area contributed by atoms with Crippen molar-refractivity contribution in [2.24, 2.45) is 0 Å². The summed E-state index contributed by atoms with van der Waals surface area (Å²) in [6, 6.07) is 75.6. The number of nitrogens with one attached hydrogen (secondary N) is 2. The molecule has 0 fully saturated rings. The van der Waals surface area contributed by atoms with Gasteiger partial charge in [0.25, 0.3) is 11.8 Å². The molecule has 0 unspecified atom stereocenters. The van der Waals surface area contributed by atoms with Crippen molar-refractivity contribution in [2.75, 3.05) is 10.6 Å².